The maximum absolute atomic E-state index is 12.8. The summed E-state index contributed by atoms with van der Waals surface area (Å²) in [5.74, 6) is 0.193. The molecule has 0 aliphatic carbocycles. The number of hydrogen-bond acceptors (Lipinski definition) is 4. The number of nitrogens with zero attached hydrogens (tertiary/aromatic N) is 1. The minimum atomic E-state index is 0.193. The fourth-order valence-electron chi connectivity index (χ4n) is 2.59. The van der Waals surface area contributed by atoms with Gasteiger partial charge in [0, 0.05) is 34.0 Å². The minimum absolute atomic E-state index is 0.193. The SMILES string of the molecule is Cc1ccsc1C=C1CN(C)CC(=Cc2sccc2C)C1=O. The molecule has 2 aromatic heterocycles. The van der Waals surface area contributed by atoms with Crippen LogP contribution in [0.5, 0.6) is 0 Å². The van der Waals surface area contributed by atoms with E-state index in [9.17, 15) is 4.79 Å². The number of likely N-dealkylation sites (tertiary alicyclic amines) is 1. The molecule has 114 valence electrons. The van der Waals surface area contributed by atoms with Gasteiger partial charge in [-0.15, -0.1) is 22.7 Å². The van der Waals surface area contributed by atoms with Crippen molar-refractivity contribution in [2.45, 2.75) is 13.8 Å². The highest BCUT2D eigenvalue weighted by Crippen LogP contribution is 2.26. The number of Topliss-reactive ketones (excluding diaryl/α,β-unsaturated/α-hetero) is 1. The van der Waals surface area contributed by atoms with Gasteiger partial charge in [-0.3, -0.25) is 9.69 Å². The molecular weight excluding hydrogens is 310 g/mol. The number of likely N-dealkylation sites (N-methyl/N-ethyl adjacent to an activating group) is 1. The molecule has 1 saturated heterocycles. The lowest BCUT2D eigenvalue weighted by Crippen LogP contribution is -2.34. The van der Waals surface area contributed by atoms with Gasteiger partial charge < -0.3 is 0 Å². The second kappa shape index (κ2) is 6.32. The zero-order valence-corrected chi connectivity index (χ0v) is 14.7. The predicted octanol–water partition coefficient (Wildman–Crippen LogP) is 4.41. The Bertz CT molecular complexity index is 701. The second-order valence-electron chi connectivity index (χ2n) is 5.78. The van der Waals surface area contributed by atoms with Crippen molar-refractivity contribution < 1.29 is 4.79 Å². The van der Waals surface area contributed by atoms with Crippen LogP contribution in [0.25, 0.3) is 12.2 Å². The summed E-state index contributed by atoms with van der Waals surface area (Å²) in [6, 6.07) is 4.19. The first-order valence-corrected chi connectivity index (χ1v) is 9.03. The van der Waals surface area contributed by atoms with Gasteiger partial charge in [-0.25, -0.2) is 0 Å². The van der Waals surface area contributed by atoms with Gasteiger partial charge in [0.05, 0.1) is 0 Å². The van der Waals surface area contributed by atoms with Crippen LogP contribution in [0.4, 0.5) is 0 Å². The van der Waals surface area contributed by atoms with Gasteiger partial charge in [-0.2, -0.15) is 0 Å². The molecule has 2 aromatic rings. The van der Waals surface area contributed by atoms with Gasteiger partial charge in [0.15, 0.2) is 5.78 Å². The van der Waals surface area contributed by atoms with Crippen molar-refractivity contribution in [2.75, 3.05) is 20.1 Å². The molecule has 3 rings (SSSR count). The van der Waals surface area contributed by atoms with Crippen molar-refractivity contribution in [3.8, 4) is 0 Å². The smallest absolute Gasteiger partial charge is 0.187 e. The van der Waals surface area contributed by atoms with E-state index in [4.69, 9.17) is 0 Å². The molecule has 0 aromatic carbocycles. The lowest BCUT2D eigenvalue weighted by molar-refractivity contribution is -0.113. The van der Waals surface area contributed by atoms with Crippen LogP contribution in [0.2, 0.25) is 0 Å². The van der Waals surface area contributed by atoms with Crippen molar-refractivity contribution in [3.63, 3.8) is 0 Å². The van der Waals surface area contributed by atoms with Crippen LogP contribution in [-0.4, -0.2) is 30.8 Å². The largest absolute Gasteiger partial charge is 0.298 e. The summed E-state index contributed by atoms with van der Waals surface area (Å²) in [7, 11) is 2.07. The van der Waals surface area contributed by atoms with Crippen molar-refractivity contribution in [1.29, 1.82) is 0 Å². The molecule has 4 heteroatoms. The second-order valence-corrected chi connectivity index (χ2v) is 7.67. The number of hydrogen-bond donors (Lipinski definition) is 0. The number of carbonyl (C=O) groups is 1. The van der Waals surface area contributed by atoms with Crippen molar-refractivity contribution >= 4 is 40.6 Å². The summed E-state index contributed by atoms with van der Waals surface area (Å²) in [6.07, 6.45) is 4.13. The Morgan fingerprint density at radius 1 is 0.955 bits per heavy atom. The standard InChI is InChI=1S/C18H19NOS2/c1-12-4-6-21-16(12)8-14-10-19(3)11-15(18(14)20)9-17-13(2)5-7-22-17/h4-9H,10-11H2,1-3H3. The highest BCUT2D eigenvalue weighted by atomic mass is 32.1. The van der Waals surface area contributed by atoms with E-state index < -0.39 is 0 Å². The van der Waals surface area contributed by atoms with Gasteiger partial charge in [-0.05, 0) is 67.1 Å². The Hall–Kier alpha value is -1.49. The summed E-state index contributed by atoms with van der Waals surface area (Å²) < 4.78 is 0. The van der Waals surface area contributed by atoms with Crippen LogP contribution in [0.1, 0.15) is 20.9 Å². The third-order valence-corrected chi connectivity index (χ3v) is 5.81. The van der Waals surface area contributed by atoms with Crippen LogP contribution in [-0.2, 0) is 4.79 Å². The number of aryl methyl sites for hydroxylation is 2. The van der Waals surface area contributed by atoms with E-state index >= 15 is 0 Å². The lowest BCUT2D eigenvalue weighted by Gasteiger charge is -2.26. The first-order chi connectivity index (χ1) is 10.5. The monoisotopic (exact) mass is 329 g/mol. The van der Waals surface area contributed by atoms with E-state index in [1.807, 2.05) is 0 Å². The van der Waals surface area contributed by atoms with Crippen LogP contribution >= 0.6 is 22.7 Å². The average Bonchev–Trinajstić information content (AvgIpc) is 3.05. The lowest BCUT2D eigenvalue weighted by atomic mass is 9.96. The highest BCUT2D eigenvalue weighted by Gasteiger charge is 2.24. The van der Waals surface area contributed by atoms with Gasteiger partial charge in [0.1, 0.15) is 0 Å². The molecule has 0 radical (unpaired) electrons. The fraction of sp³-hybridized carbons (Fsp3) is 0.278. The zero-order valence-electron chi connectivity index (χ0n) is 13.1. The predicted molar refractivity (Wildman–Crippen MR) is 96.6 cm³/mol. The zero-order chi connectivity index (χ0) is 15.7. The number of carbonyl (C=O) groups excluding carboxylic acids is 1. The van der Waals surface area contributed by atoms with Crippen molar-refractivity contribution in [1.82, 2.24) is 4.90 Å². The summed E-state index contributed by atoms with van der Waals surface area (Å²) in [4.78, 5) is 17.4. The van der Waals surface area contributed by atoms with E-state index in [1.54, 1.807) is 22.7 Å². The topological polar surface area (TPSA) is 20.3 Å². The van der Waals surface area contributed by atoms with Crippen LogP contribution in [0, 0.1) is 13.8 Å². The van der Waals surface area contributed by atoms with Crippen LogP contribution in [0.3, 0.4) is 0 Å². The Labute approximate surface area is 139 Å². The van der Waals surface area contributed by atoms with Crippen molar-refractivity contribution in [2.24, 2.45) is 0 Å². The molecule has 0 spiro atoms. The third-order valence-electron chi connectivity index (χ3n) is 3.88. The summed E-state index contributed by atoms with van der Waals surface area (Å²) in [6.45, 7) is 5.62. The molecule has 1 aliphatic heterocycles. The highest BCUT2D eigenvalue weighted by molar-refractivity contribution is 7.11. The molecule has 2 nitrogen and oxygen atoms in total. The van der Waals surface area contributed by atoms with Gasteiger partial charge in [-0.1, -0.05) is 0 Å². The minimum Gasteiger partial charge on any atom is -0.298 e. The summed E-state index contributed by atoms with van der Waals surface area (Å²) >= 11 is 3.38. The van der Waals surface area contributed by atoms with Crippen molar-refractivity contribution in [3.05, 3.63) is 54.9 Å². The van der Waals surface area contributed by atoms with Gasteiger partial charge in [0.25, 0.3) is 0 Å². The first kappa shape index (κ1) is 15.4. The quantitative estimate of drug-likeness (QED) is 0.761. The molecule has 1 aliphatic rings. The Balaban J connectivity index is 1.96. The molecule has 0 unspecified atom stereocenters. The van der Waals surface area contributed by atoms with E-state index in [-0.39, 0.29) is 5.78 Å². The number of piperidine rings is 1. The fourth-order valence-corrected chi connectivity index (χ4v) is 4.36. The molecule has 0 N–H and O–H groups in total. The molecule has 1 fully saturated rings. The third kappa shape index (κ3) is 3.14. The first-order valence-electron chi connectivity index (χ1n) is 7.27. The van der Waals surface area contributed by atoms with E-state index in [0.29, 0.717) is 0 Å². The van der Waals surface area contributed by atoms with Crippen LogP contribution < -0.4 is 0 Å². The molecular formula is C18H19NOS2. The Kier molecular flexibility index (Phi) is 4.43. The van der Waals surface area contributed by atoms with E-state index in [2.05, 4.69) is 60.8 Å². The van der Waals surface area contributed by atoms with Gasteiger partial charge >= 0.3 is 0 Å². The maximum atomic E-state index is 12.8. The number of ketones is 1. The molecule has 3 heterocycles. The summed E-state index contributed by atoms with van der Waals surface area (Å²) in [5, 5.41) is 4.15. The number of thiophene rings is 2. The maximum Gasteiger partial charge on any atom is 0.187 e. The van der Waals surface area contributed by atoms with E-state index in [0.717, 1.165) is 24.2 Å². The van der Waals surface area contributed by atoms with Gasteiger partial charge in [0.2, 0.25) is 0 Å². The molecule has 0 bridgehead atoms. The molecule has 22 heavy (non-hydrogen) atoms. The molecule has 0 atom stereocenters. The van der Waals surface area contributed by atoms with E-state index in [1.165, 1.54) is 20.9 Å². The Morgan fingerprint density at radius 2 is 1.41 bits per heavy atom. The Morgan fingerprint density at radius 3 is 1.77 bits per heavy atom. The molecule has 0 amide bonds. The van der Waals surface area contributed by atoms with Crippen LogP contribution in [0.15, 0.2) is 34.0 Å². The normalized spacial score (nSPS) is 20.2. The summed E-state index contributed by atoms with van der Waals surface area (Å²) in [5.41, 5.74) is 4.25. The number of rotatable bonds is 2. The average molecular weight is 329 g/mol. The molecule has 0 saturated carbocycles.